The van der Waals surface area contributed by atoms with Gasteiger partial charge in [0.15, 0.2) is 0 Å². The van der Waals surface area contributed by atoms with E-state index in [-0.39, 0.29) is 13.0 Å². The summed E-state index contributed by atoms with van der Waals surface area (Å²) in [5.41, 5.74) is 7.34. The lowest BCUT2D eigenvalue weighted by atomic mass is 10.1. The molecule has 0 fully saturated rings. The Balaban J connectivity index is 2.61. The lowest BCUT2D eigenvalue weighted by Gasteiger charge is -2.19. The minimum absolute atomic E-state index is 0.000852. The van der Waals surface area contributed by atoms with Gasteiger partial charge in [-0.2, -0.15) is 0 Å². The van der Waals surface area contributed by atoms with E-state index in [1.54, 1.807) is 4.90 Å². The number of aliphatic carboxylic acids is 1. The molecule has 1 amide bonds. The molecule has 0 saturated carbocycles. The molecule has 0 bridgehead atoms. The van der Waals surface area contributed by atoms with Crippen molar-refractivity contribution >= 4 is 11.9 Å². The molecule has 0 spiro atoms. The number of amides is 1. The average Bonchev–Trinajstić information content (AvgIpc) is 2.28. The SMILES string of the molecule is Cc1ccc(CN(CCC(=O)O)CC(N)=O)cc1. The zero-order chi connectivity index (χ0) is 13.5. The van der Waals surface area contributed by atoms with Crippen LogP contribution in [0.3, 0.4) is 0 Å². The molecule has 0 aliphatic heterocycles. The number of hydrogen-bond acceptors (Lipinski definition) is 3. The van der Waals surface area contributed by atoms with E-state index in [2.05, 4.69) is 0 Å². The summed E-state index contributed by atoms with van der Waals surface area (Å²) >= 11 is 0. The molecule has 1 aromatic carbocycles. The zero-order valence-electron chi connectivity index (χ0n) is 10.4. The number of aryl methyl sites for hydroxylation is 1. The second kappa shape index (κ2) is 6.76. The summed E-state index contributed by atoms with van der Waals surface area (Å²) in [5.74, 6) is -1.33. The maximum Gasteiger partial charge on any atom is 0.304 e. The summed E-state index contributed by atoms with van der Waals surface area (Å²) in [5, 5.41) is 8.66. The van der Waals surface area contributed by atoms with Crippen LogP contribution in [0.2, 0.25) is 0 Å². The van der Waals surface area contributed by atoms with Gasteiger partial charge >= 0.3 is 5.97 Å². The van der Waals surface area contributed by atoms with Crippen molar-refractivity contribution < 1.29 is 14.7 Å². The van der Waals surface area contributed by atoms with Crippen LogP contribution in [-0.4, -0.2) is 35.0 Å². The number of hydrogen-bond donors (Lipinski definition) is 2. The number of carbonyl (C=O) groups is 2. The zero-order valence-corrected chi connectivity index (χ0v) is 10.4. The first-order valence-corrected chi connectivity index (χ1v) is 5.75. The first kappa shape index (κ1) is 14.2. The van der Waals surface area contributed by atoms with Crippen LogP contribution in [0.5, 0.6) is 0 Å². The maximum atomic E-state index is 10.9. The Kier molecular flexibility index (Phi) is 5.32. The predicted molar refractivity (Wildman–Crippen MR) is 67.9 cm³/mol. The number of rotatable bonds is 7. The van der Waals surface area contributed by atoms with E-state index in [4.69, 9.17) is 10.8 Å². The van der Waals surface area contributed by atoms with Crippen LogP contribution in [0.15, 0.2) is 24.3 Å². The van der Waals surface area contributed by atoms with Gasteiger partial charge in [0.1, 0.15) is 0 Å². The molecule has 98 valence electrons. The minimum Gasteiger partial charge on any atom is -0.481 e. The average molecular weight is 250 g/mol. The Morgan fingerprint density at radius 3 is 2.39 bits per heavy atom. The number of carboxylic acids is 1. The third-order valence-electron chi connectivity index (χ3n) is 2.55. The third-order valence-corrected chi connectivity index (χ3v) is 2.55. The van der Waals surface area contributed by atoms with Crippen LogP contribution in [0.1, 0.15) is 17.5 Å². The molecule has 0 unspecified atom stereocenters. The van der Waals surface area contributed by atoms with E-state index in [9.17, 15) is 9.59 Å². The van der Waals surface area contributed by atoms with E-state index in [1.807, 2.05) is 31.2 Å². The molecular formula is C13H18N2O3. The van der Waals surface area contributed by atoms with Crippen LogP contribution in [0.25, 0.3) is 0 Å². The number of primary amides is 1. The molecule has 0 heterocycles. The Morgan fingerprint density at radius 2 is 1.89 bits per heavy atom. The van der Waals surface area contributed by atoms with Crippen molar-refractivity contribution in [2.75, 3.05) is 13.1 Å². The Morgan fingerprint density at radius 1 is 1.28 bits per heavy atom. The van der Waals surface area contributed by atoms with Gasteiger partial charge < -0.3 is 10.8 Å². The van der Waals surface area contributed by atoms with Gasteiger partial charge in [-0.05, 0) is 12.5 Å². The fourth-order valence-electron chi connectivity index (χ4n) is 1.64. The van der Waals surface area contributed by atoms with Gasteiger partial charge in [0.25, 0.3) is 0 Å². The summed E-state index contributed by atoms with van der Waals surface area (Å²) < 4.78 is 0. The van der Waals surface area contributed by atoms with Crippen molar-refractivity contribution in [3.63, 3.8) is 0 Å². The standard InChI is InChI=1S/C13H18N2O3/c1-10-2-4-11(5-3-10)8-15(9-12(14)16)7-6-13(17)18/h2-5H,6-9H2,1H3,(H2,14,16)(H,17,18). The molecule has 0 aliphatic rings. The van der Waals surface area contributed by atoms with E-state index in [0.29, 0.717) is 13.1 Å². The lowest BCUT2D eigenvalue weighted by molar-refractivity contribution is -0.137. The molecule has 1 aromatic rings. The summed E-state index contributed by atoms with van der Waals surface area (Å²) in [4.78, 5) is 23.2. The number of carbonyl (C=O) groups excluding carboxylic acids is 1. The molecule has 1 rings (SSSR count). The lowest BCUT2D eigenvalue weighted by Crippen LogP contribution is -2.34. The van der Waals surface area contributed by atoms with Crippen molar-refractivity contribution in [2.45, 2.75) is 19.9 Å². The Hall–Kier alpha value is -1.88. The molecule has 5 heteroatoms. The number of benzene rings is 1. The van der Waals surface area contributed by atoms with Crippen LogP contribution in [0, 0.1) is 6.92 Å². The third kappa shape index (κ3) is 5.45. The summed E-state index contributed by atoms with van der Waals surface area (Å²) in [6, 6.07) is 7.89. The van der Waals surface area contributed by atoms with Crippen LogP contribution in [0.4, 0.5) is 0 Å². The van der Waals surface area contributed by atoms with Gasteiger partial charge in [-0.25, -0.2) is 0 Å². The fourth-order valence-corrected chi connectivity index (χ4v) is 1.64. The molecule has 0 saturated heterocycles. The molecule has 0 atom stereocenters. The Bertz CT molecular complexity index is 415. The van der Waals surface area contributed by atoms with E-state index >= 15 is 0 Å². The summed E-state index contributed by atoms with van der Waals surface area (Å²) in [6.45, 7) is 2.90. The monoisotopic (exact) mass is 250 g/mol. The second-order valence-electron chi connectivity index (χ2n) is 4.31. The highest BCUT2D eigenvalue weighted by Gasteiger charge is 2.10. The highest BCUT2D eigenvalue weighted by atomic mass is 16.4. The molecule has 0 aromatic heterocycles. The smallest absolute Gasteiger partial charge is 0.304 e. The molecule has 3 N–H and O–H groups in total. The van der Waals surface area contributed by atoms with Crippen LogP contribution in [-0.2, 0) is 16.1 Å². The van der Waals surface area contributed by atoms with Gasteiger partial charge in [-0.15, -0.1) is 0 Å². The summed E-state index contributed by atoms with van der Waals surface area (Å²) in [6.07, 6.45) is -0.000852. The normalized spacial score (nSPS) is 10.6. The van der Waals surface area contributed by atoms with Crippen LogP contribution >= 0.6 is 0 Å². The van der Waals surface area contributed by atoms with Gasteiger partial charge in [0.05, 0.1) is 13.0 Å². The van der Waals surface area contributed by atoms with Crippen molar-refractivity contribution in [3.8, 4) is 0 Å². The largest absolute Gasteiger partial charge is 0.481 e. The highest BCUT2D eigenvalue weighted by Crippen LogP contribution is 2.07. The highest BCUT2D eigenvalue weighted by molar-refractivity contribution is 5.76. The first-order valence-electron chi connectivity index (χ1n) is 5.75. The minimum atomic E-state index is -0.881. The van der Waals surface area contributed by atoms with Gasteiger partial charge in [-0.1, -0.05) is 29.8 Å². The maximum absolute atomic E-state index is 10.9. The van der Waals surface area contributed by atoms with E-state index < -0.39 is 11.9 Å². The number of nitrogens with zero attached hydrogens (tertiary/aromatic N) is 1. The van der Waals surface area contributed by atoms with Crippen LogP contribution < -0.4 is 5.73 Å². The van der Waals surface area contributed by atoms with Crippen molar-refractivity contribution in [3.05, 3.63) is 35.4 Å². The summed E-state index contributed by atoms with van der Waals surface area (Å²) in [7, 11) is 0. The van der Waals surface area contributed by atoms with E-state index in [0.717, 1.165) is 11.1 Å². The molecular weight excluding hydrogens is 232 g/mol. The quantitative estimate of drug-likeness (QED) is 0.748. The first-order chi connectivity index (χ1) is 8.47. The van der Waals surface area contributed by atoms with Crippen molar-refractivity contribution in [1.82, 2.24) is 4.90 Å². The van der Waals surface area contributed by atoms with E-state index in [1.165, 1.54) is 0 Å². The predicted octanol–water partition coefficient (Wildman–Crippen LogP) is 0.757. The molecule has 18 heavy (non-hydrogen) atoms. The number of nitrogens with two attached hydrogens (primary N) is 1. The van der Waals surface area contributed by atoms with Crippen molar-refractivity contribution in [2.24, 2.45) is 5.73 Å². The second-order valence-corrected chi connectivity index (χ2v) is 4.31. The topological polar surface area (TPSA) is 83.6 Å². The van der Waals surface area contributed by atoms with Gasteiger partial charge in [0, 0.05) is 13.1 Å². The van der Waals surface area contributed by atoms with Gasteiger partial charge in [-0.3, -0.25) is 14.5 Å². The molecule has 0 aliphatic carbocycles. The van der Waals surface area contributed by atoms with Gasteiger partial charge in [0.2, 0.25) is 5.91 Å². The Labute approximate surface area is 106 Å². The fraction of sp³-hybridized carbons (Fsp3) is 0.385. The molecule has 0 radical (unpaired) electrons. The van der Waals surface area contributed by atoms with Crippen molar-refractivity contribution in [1.29, 1.82) is 0 Å². The number of carboxylic acid groups (broad SMARTS) is 1. The molecule has 5 nitrogen and oxygen atoms in total.